The van der Waals surface area contributed by atoms with E-state index in [4.69, 9.17) is 9.84 Å². The molecule has 6 heteroatoms. The molecule has 6 nitrogen and oxygen atoms in total. The number of fused-ring (bicyclic) bond motifs is 1. The summed E-state index contributed by atoms with van der Waals surface area (Å²) in [7, 11) is 0. The smallest absolute Gasteiger partial charge is 0.328 e. The van der Waals surface area contributed by atoms with Gasteiger partial charge in [0.2, 0.25) is 0 Å². The van der Waals surface area contributed by atoms with Crippen molar-refractivity contribution in [3.8, 4) is 11.5 Å². The summed E-state index contributed by atoms with van der Waals surface area (Å²) in [4.78, 5) is 15.1. The number of pyridine rings is 1. The first-order valence-electron chi connectivity index (χ1n) is 12.4. The van der Waals surface area contributed by atoms with Crippen LogP contribution in [0.4, 0.5) is 0 Å². The van der Waals surface area contributed by atoms with Gasteiger partial charge in [-0.2, -0.15) is 5.10 Å². The van der Waals surface area contributed by atoms with Crippen molar-refractivity contribution in [2.45, 2.75) is 20.3 Å². The quantitative estimate of drug-likeness (QED) is 0.169. The van der Waals surface area contributed by atoms with Crippen molar-refractivity contribution in [2.24, 2.45) is 0 Å². The van der Waals surface area contributed by atoms with E-state index in [1.165, 1.54) is 5.57 Å². The third kappa shape index (κ3) is 5.39. The van der Waals surface area contributed by atoms with Crippen LogP contribution < -0.4 is 4.74 Å². The van der Waals surface area contributed by atoms with Gasteiger partial charge in [0, 0.05) is 29.4 Å². The number of aliphatic carboxylic acids is 1. The number of nitrogens with one attached hydrogen (secondary N) is 1. The van der Waals surface area contributed by atoms with Gasteiger partial charge in [-0.25, -0.2) is 4.79 Å². The van der Waals surface area contributed by atoms with Crippen molar-refractivity contribution in [1.29, 1.82) is 0 Å². The number of H-pyrrole nitrogens is 1. The summed E-state index contributed by atoms with van der Waals surface area (Å²) >= 11 is 0. The third-order valence-electron chi connectivity index (χ3n) is 6.38. The van der Waals surface area contributed by atoms with Crippen LogP contribution in [0.25, 0.3) is 28.1 Å². The molecule has 2 heterocycles. The Morgan fingerprint density at radius 2 is 1.79 bits per heavy atom. The summed E-state index contributed by atoms with van der Waals surface area (Å²) in [5, 5.41) is 17.2. The number of carbonyl (C=O) groups is 1. The second-order valence-corrected chi connectivity index (χ2v) is 8.94. The lowest BCUT2D eigenvalue weighted by atomic mass is 9.87. The highest BCUT2D eigenvalue weighted by Gasteiger charge is 2.15. The Labute approximate surface area is 221 Å². The van der Waals surface area contributed by atoms with E-state index in [-0.39, 0.29) is 0 Å². The van der Waals surface area contributed by atoms with E-state index in [0.717, 1.165) is 68.3 Å². The zero-order valence-corrected chi connectivity index (χ0v) is 21.2. The summed E-state index contributed by atoms with van der Waals surface area (Å²) < 4.78 is 6.21. The topological polar surface area (TPSA) is 88.1 Å². The van der Waals surface area contributed by atoms with Crippen LogP contribution in [0, 0.1) is 6.92 Å². The maximum Gasteiger partial charge on any atom is 0.328 e. The molecule has 3 aromatic carbocycles. The third-order valence-corrected chi connectivity index (χ3v) is 6.38. The van der Waals surface area contributed by atoms with E-state index in [2.05, 4.69) is 46.4 Å². The largest absolute Gasteiger partial charge is 0.478 e. The number of hydrogen-bond acceptors (Lipinski definition) is 4. The Hall–Kier alpha value is -4.97. The van der Waals surface area contributed by atoms with Crippen LogP contribution in [0.2, 0.25) is 0 Å². The molecular formula is C32H27N3O3. The standard InChI is InChI=1S/C32H27N3O3/c1-3-28(24-5-4-6-27(18-24)38-30-15-16-33-19-21(30)2)32(25-12-13-29-26(17-25)20-34-35-29)23-10-7-22(8-11-23)9-14-31(36)37/h4-20H,3H2,1-2H3,(H,34,35)(H,36,37)/b14-9+,32-28+. The van der Waals surface area contributed by atoms with E-state index in [1.54, 1.807) is 18.5 Å². The molecule has 188 valence electrons. The minimum absolute atomic E-state index is 0.751. The van der Waals surface area contributed by atoms with E-state index < -0.39 is 5.97 Å². The molecule has 0 fully saturated rings. The van der Waals surface area contributed by atoms with Crippen molar-refractivity contribution in [3.05, 3.63) is 125 Å². The summed E-state index contributed by atoms with van der Waals surface area (Å²) in [6, 6.07) is 24.2. The lowest BCUT2D eigenvalue weighted by molar-refractivity contribution is -0.131. The van der Waals surface area contributed by atoms with Gasteiger partial charge in [-0.1, -0.05) is 49.4 Å². The van der Waals surface area contributed by atoms with Crippen LogP contribution in [-0.2, 0) is 4.79 Å². The number of carboxylic acid groups (broad SMARTS) is 1. The number of rotatable bonds is 8. The first kappa shape index (κ1) is 24.7. The number of benzene rings is 3. The highest BCUT2D eigenvalue weighted by Crippen LogP contribution is 2.37. The minimum Gasteiger partial charge on any atom is -0.478 e. The molecule has 0 aliphatic carbocycles. The zero-order chi connectivity index (χ0) is 26.5. The van der Waals surface area contributed by atoms with Gasteiger partial charge in [0.1, 0.15) is 11.5 Å². The Balaban J connectivity index is 1.64. The van der Waals surface area contributed by atoms with Gasteiger partial charge in [-0.3, -0.25) is 10.1 Å². The predicted molar refractivity (Wildman–Crippen MR) is 151 cm³/mol. The van der Waals surface area contributed by atoms with Gasteiger partial charge in [0.15, 0.2) is 0 Å². The highest BCUT2D eigenvalue weighted by molar-refractivity contribution is 6.00. The van der Waals surface area contributed by atoms with E-state index in [0.29, 0.717) is 0 Å². The monoisotopic (exact) mass is 501 g/mol. The summed E-state index contributed by atoms with van der Waals surface area (Å²) in [5.74, 6) is 0.553. The number of aromatic nitrogens is 3. The van der Waals surface area contributed by atoms with Crippen LogP contribution in [0.1, 0.15) is 41.2 Å². The molecule has 0 saturated heterocycles. The number of aromatic amines is 1. The molecule has 0 unspecified atom stereocenters. The number of aryl methyl sites for hydroxylation is 1. The molecule has 0 radical (unpaired) electrons. The van der Waals surface area contributed by atoms with Crippen molar-refractivity contribution < 1.29 is 14.6 Å². The lowest BCUT2D eigenvalue weighted by Crippen LogP contribution is -1.96. The van der Waals surface area contributed by atoms with Crippen molar-refractivity contribution in [2.75, 3.05) is 0 Å². The normalized spacial score (nSPS) is 12.1. The molecule has 0 bridgehead atoms. The molecule has 0 aliphatic heterocycles. The summed E-state index contributed by atoms with van der Waals surface area (Å²) in [6.45, 7) is 4.12. The van der Waals surface area contributed by atoms with Gasteiger partial charge in [0.25, 0.3) is 0 Å². The van der Waals surface area contributed by atoms with Crippen LogP contribution in [0.3, 0.4) is 0 Å². The molecular weight excluding hydrogens is 474 g/mol. The number of hydrogen-bond donors (Lipinski definition) is 2. The van der Waals surface area contributed by atoms with Crippen molar-refractivity contribution in [3.63, 3.8) is 0 Å². The molecule has 2 N–H and O–H groups in total. The summed E-state index contributed by atoms with van der Waals surface area (Å²) in [6.07, 6.45) is 8.87. The van der Waals surface area contributed by atoms with Crippen LogP contribution in [0.15, 0.2) is 97.5 Å². The number of carboxylic acids is 1. The molecule has 5 aromatic rings. The summed E-state index contributed by atoms with van der Waals surface area (Å²) in [5.41, 5.74) is 8.20. The van der Waals surface area contributed by atoms with E-state index in [9.17, 15) is 4.79 Å². The maximum absolute atomic E-state index is 10.9. The van der Waals surface area contributed by atoms with Gasteiger partial charge < -0.3 is 9.84 Å². The molecule has 0 amide bonds. The molecule has 0 atom stereocenters. The number of nitrogens with zero attached hydrogens (tertiary/aromatic N) is 2. The fourth-order valence-electron chi connectivity index (χ4n) is 4.52. The first-order valence-corrected chi connectivity index (χ1v) is 12.4. The zero-order valence-electron chi connectivity index (χ0n) is 21.2. The Morgan fingerprint density at radius 3 is 2.55 bits per heavy atom. The molecule has 0 aliphatic rings. The molecule has 0 saturated carbocycles. The van der Waals surface area contributed by atoms with Gasteiger partial charge in [-0.05, 0) is 83.2 Å². The Bertz CT molecular complexity index is 1660. The first-order chi connectivity index (χ1) is 18.5. The van der Waals surface area contributed by atoms with Gasteiger partial charge in [0.05, 0.1) is 11.7 Å². The minimum atomic E-state index is -0.972. The SMILES string of the molecule is CC/C(=C(/c1ccc(/C=C/C(=O)O)cc1)c1ccc2[nH]ncc2c1)c1cccc(Oc2ccncc2C)c1. The number of allylic oxidation sites excluding steroid dienone is 1. The molecule has 5 rings (SSSR count). The van der Waals surface area contributed by atoms with Crippen molar-refractivity contribution >= 4 is 34.1 Å². The van der Waals surface area contributed by atoms with Gasteiger partial charge in [-0.15, -0.1) is 0 Å². The number of ether oxygens (including phenoxy) is 1. The average Bonchev–Trinajstić information content (AvgIpc) is 3.40. The average molecular weight is 502 g/mol. The molecule has 0 spiro atoms. The van der Waals surface area contributed by atoms with E-state index in [1.807, 2.05) is 61.7 Å². The van der Waals surface area contributed by atoms with Crippen LogP contribution in [0.5, 0.6) is 11.5 Å². The molecule has 2 aromatic heterocycles. The van der Waals surface area contributed by atoms with Crippen LogP contribution in [-0.4, -0.2) is 26.3 Å². The van der Waals surface area contributed by atoms with E-state index >= 15 is 0 Å². The van der Waals surface area contributed by atoms with Crippen LogP contribution >= 0.6 is 0 Å². The van der Waals surface area contributed by atoms with Gasteiger partial charge >= 0.3 is 5.97 Å². The Morgan fingerprint density at radius 1 is 0.974 bits per heavy atom. The maximum atomic E-state index is 10.9. The Kier molecular flexibility index (Phi) is 7.13. The lowest BCUT2D eigenvalue weighted by Gasteiger charge is -2.18. The second-order valence-electron chi connectivity index (χ2n) is 8.94. The fraction of sp³-hybridized carbons (Fsp3) is 0.0938. The fourth-order valence-corrected chi connectivity index (χ4v) is 4.52. The predicted octanol–water partition coefficient (Wildman–Crippen LogP) is 7.53. The van der Waals surface area contributed by atoms with Crippen molar-refractivity contribution in [1.82, 2.24) is 15.2 Å². The molecule has 38 heavy (non-hydrogen) atoms. The highest BCUT2D eigenvalue weighted by atomic mass is 16.5. The second kappa shape index (κ2) is 11.0.